The predicted molar refractivity (Wildman–Crippen MR) is 175 cm³/mol. The third-order valence-electron chi connectivity index (χ3n) is 12.7. The minimum absolute atomic E-state index is 0. The van der Waals surface area contributed by atoms with E-state index in [4.69, 9.17) is 14.2 Å². The van der Waals surface area contributed by atoms with Crippen molar-refractivity contribution in [2.45, 2.75) is 122 Å². The molecule has 0 saturated heterocycles. The van der Waals surface area contributed by atoms with E-state index >= 15 is 0 Å². The number of hydrogen-bond donors (Lipinski definition) is 0. The summed E-state index contributed by atoms with van der Waals surface area (Å²) in [5.74, 6) is -5.86. The fourth-order valence-corrected chi connectivity index (χ4v) is 7.71. The molecular weight excluding hydrogens is 833 g/mol. The van der Waals surface area contributed by atoms with Crippen molar-refractivity contribution in [1.82, 2.24) is 0 Å². The van der Waals surface area contributed by atoms with Crippen LogP contribution in [0.1, 0.15) is 122 Å². The van der Waals surface area contributed by atoms with Crippen molar-refractivity contribution in [2.75, 3.05) is 19.8 Å². The summed E-state index contributed by atoms with van der Waals surface area (Å²) in [6, 6.07) is 0. The number of carbonyl (C=O) groups is 6. The van der Waals surface area contributed by atoms with E-state index in [0.29, 0.717) is 58.3 Å². The first-order valence-corrected chi connectivity index (χ1v) is 17.0. The molecular formula is C36H57BiO12. The molecule has 0 spiro atoms. The Labute approximate surface area is 310 Å². The number of rotatable bonds is 9. The summed E-state index contributed by atoms with van der Waals surface area (Å²) in [5.41, 5.74) is -4.07. The second-order valence-corrected chi connectivity index (χ2v) is 15.6. The fraction of sp³-hybridized carbons (Fsp3) is 0.833. The Kier molecular flexibility index (Phi) is 16.5. The number of esters is 3. The van der Waals surface area contributed by atoms with E-state index in [2.05, 4.69) is 0 Å². The number of carbonyl (C=O) groups excluding carboxylic acids is 6. The summed E-state index contributed by atoms with van der Waals surface area (Å²) in [5, 5.41) is 33.1. The molecule has 0 N–H and O–H groups in total. The van der Waals surface area contributed by atoms with Crippen LogP contribution >= 0.6 is 0 Å². The van der Waals surface area contributed by atoms with E-state index in [9.17, 15) is 44.1 Å². The molecule has 0 aromatic carbocycles. The van der Waals surface area contributed by atoms with E-state index < -0.39 is 68.2 Å². The molecule has 49 heavy (non-hydrogen) atoms. The summed E-state index contributed by atoms with van der Waals surface area (Å²) in [4.78, 5) is 68.8. The molecule has 278 valence electrons. The molecule has 0 aliphatic heterocycles. The van der Waals surface area contributed by atoms with Crippen molar-refractivity contribution in [3.8, 4) is 0 Å². The first-order valence-electron chi connectivity index (χ1n) is 17.0. The van der Waals surface area contributed by atoms with Gasteiger partial charge in [0.05, 0.1) is 36.1 Å². The molecule has 0 aromatic heterocycles. The van der Waals surface area contributed by atoms with Gasteiger partial charge in [0, 0.05) is 35.7 Å². The molecule has 0 amide bonds. The van der Waals surface area contributed by atoms with Gasteiger partial charge in [-0.15, -0.1) is 0 Å². The van der Waals surface area contributed by atoms with Gasteiger partial charge < -0.3 is 43.9 Å². The van der Waals surface area contributed by atoms with Crippen LogP contribution in [0.3, 0.4) is 0 Å². The van der Waals surface area contributed by atoms with Gasteiger partial charge in [0.15, 0.2) is 0 Å². The van der Waals surface area contributed by atoms with E-state index in [0.717, 1.165) is 0 Å². The van der Waals surface area contributed by atoms with Crippen LogP contribution in [-0.2, 0) is 43.0 Å². The van der Waals surface area contributed by atoms with Crippen molar-refractivity contribution in [2.24, 2.45) is 50.2 Å². The van der Waals surface area contributed by atoms with Gasteiger partial charge in [0.2, 0.25) is 0 Å². The summed E-state index contributed by atoms with van der Waals surface area (Å²) < 4.78 is 15.1. The number of carboxylic acid groups (broad SMARTS) is 3. The monoisotopic (exact) mass is 890 g/mol. The molecule has 0 bridgehead atoms. The van der Waals surface area contributed by atoms with Crippen LogP contribution in [0.5, 0.6) is 0 Å². The Morgan fingerprint density at radius 2 is 0.653 bits per heavy atom. The Hall–Kier alpha value is -2.30. The second kappa shape index (κ2) is 17.3. The van der Waals surface area contributed by atoms with Crippen LogP contribution in [0, 0.1) is 50.2 Å². The second-order valence-electron chi connectivity index (χ2n) is 15.6. The van der Waals surface area contributed by atoms with E-state index in [1.54, 1.807) is 83.1 Å². The quantitative estimate of drug-likeness (QED) is 0.185. The molecule has 0 heterocycles. The zero-order valence-electron chi connectivity index (χ0n) is 31.4. The Morgan fingerprint density at radius 3 is 0.776 bits per heavy atom. The zero-order chi connectivity index (χ0) is 37.7. The van der Waals surface area contributed by atoms with E-state index in [-0.39, 0.29) is 44.1 Å². The smallest absolute Gasteiger partial charge is 0.550 e. The Bertz CT molecular complexity index is 1080. The normalized spacial score (nSPS) is 31.7. The maximum atomic E-state index is 11.9. The zero-order valence-corrected chi connectivity index (χ0v) is 34.9. The van der Waals surface area contributed by atoms with Crippen molar-refractivity contribution in [3.05, 3.63) is 0 Å². The SMILES string of the molecule is CCOC(=O)C1(C)CCC(C(=O)[O-])C1(C)C.CCOC(=O)C1(C)CCC(C(=O)[O-])C1(C)C.CCOC(=O)C1(C)CCC(C(=O)[O-])C1(C)C.[Bi+3]. The van der Waals surface area contributed by atoms with Gasteiger partial charge in [0.1, 0.15) is 0 Å². The first kappa shape index (κ1) is 46.7. The van der Waals surface area contributed by atoms with Crippen LogP contribution in [-0.4, -0.2) is 81.8 Å². The van der Waals surface area contributed by atoms with Gasteiger partial charge >= 0.3 is 44.1 Å². The van der Waals surface area contributed by atoms with Crippen molar-refractivity contribution in [1.29, 1.82) is 0 Å². The average Bonchev–Trinajstić information content (AvgIpc) is 3.48. The van der Waals surface area contributed by atoms with Gasteiger partial charge in [-0.05, 0) is 96.3 Å². The average molecular weight is 891 g/mol. The first-order chi connectivity index (χ1) is 21.8. The number of aliphatic carboxylic acids is 3. The van der Waals surface area contributed by atoms with E-state index in [1.807, 2.05) is 0 Å². The van der Waals surface area contributed by atoms with E-state index in [1.165, 1.54) is 0 Å². The van der Waals surface area contributed by atoms with Gasteiger partial charge in [-0.3, -0.25) is 14.4 Å². The minimum Gasteiger partial charge on any atom is -0.550 e. The van der Waals surface area contributed by atoms with Gasteiger partial charge in [0.25, 0.3) is 0 Å². The van der Waals surface area contributed by atoms with Crippen molar-refractivity contribution >= 4 is 62.0 Å². The molecule has 3 saturated carbocycles. The standard InChI is InChI=1S/3C12H20O4.Bi/c3*1-5-16-10(15)12(4)7-6-8(9(13)14)11(12,2)3;/h3*8H,5-7H2,1-4H3,(H,13,14);/q;;;+3/p-3. The third-order valence-corrected chi connectivity index (χ3v) is 12.7. The number of ether oxygens (including phenoxy) is 3. The van der Waals surface area contributed by atoms with Gasteiger partial charge in [-0.25, -0.2) is 0 Å². The summed E-state index contributed by atoms with van der Waals surface area (Å²) >= 11 is 0. The third kappa shape index (κ3) is 8.78. The minimum atomic E-state index is -1.07. The fourth-order valence-electron chi connectivity index (χ4n) is 7.71. The molecule has 3 aliphatic carbocycles. The maximum Gasteiger partial charge on any atom is 3.00 e. The topological polar surface area (TPSA) is 199 Å². The summed E-state index contributed by atoms with van der Waals surface area (Å²) in [6.07, 6.45) is 3.05. The summed E-state index contributed by atoms with van der Waals surface area (Å²) in [7, 11) is 0. The summed E-state index contributed by atoms with van der Waals surface area (Å²) in [6.45, 7) is 22.4. The van der Waals surface area contributed by atoms with Gasteiger partial charge in [-0.2, -0.15) is 0 Å². The van der Waals surface area contributed by atoms with Crippen LogP contribution in [0.2, 0.25) is 0 Å². The van der Waals surface area contributed by atoms with Crippen LogP contribution in [0.25, 0.3) is 0 Å². The Morgan fingerprint density at radius 1 is 0.469 bits per heavy atom. The van der Waals surface area contributed by atoms with Crippen molar-refractivity contribution < 1.29 is 58.3 Å². The molecule has 6 unspecified atom stereocenters. The number of carboxylic acids is 3. The van der Waals surface area contributed by atoms with Crippen LogP contribution < -0.4 is 15.3 Å². The molecule has 0 aromatic rings. The molecule has 3 aliphatic rings. The number of hydrogen-bond acceptors (Lipinski definition) is 12. The predicted octanol–water partition coefficient (Wildman–Crippen LogP) is 1.84. The molecule has 12 nitrogen and oxygen atoms in total. The molecule has 3 fully saturated rings. The molecule has 13 heteroatoms. The molecule has 3 rings (SSSR count). The largest absolute Gasteiger partial charge is 3.00 e. The molecule has 6 atom stereocenters. The maximum absolute atomic E-state index is 11.9. The van der Waals surface area contributed by atoms with Crippen molar-refractivity contribution in [3.63, 3.8) is 0 Å². The van der Waals surface area contributed by atoms with Crippen LogP contribution in [0.15, 0.2) is 0 Å². The Balaban J connectivity index is 0.000000698. The molecule has 2 radical (unpaired) electrons. The van der Waals surface area contributed by atoms with Crippen LogP contribution in [0.4, 0.5) is 0 Å². The van der Waals surface area contributed by atoms with Gasteiger partial charge in [-0.1, -0.05) is 41.5 Å².